The number of likely N-dealkylation sites (tertiary alicyclic amines) is 1. The Balaban J connectivity index is 2.09. The fraction of sp³-hybridized carbons (Fsp3) is 0.529. The zero-order chi connectivity index (χ0) is 15.8. The minimum Gasteiger partial charge on any atom is -0.337 e. The third-order valence-electron chi connectivity index (χ3n) is 3.96. The standard InChI is InChI=1S/C17H24N2O2/c1-11-6-7-12(2)14(8-11)18-16(21)13-9-15(20)19(10-13)17(3,4)5/h6-8,13H,9-10H2,1-5H3,(H,18,21). The Morgan fingerprint density at radius 1 is 1.29 bits per heavy atom. The highest BCUT2D eigenvalue weighted by molar-refractivity contribution is 5.97. The molecule has 1 aromatic carbocycles. The van der Waals surface area contributed by atoms with Crippen LogP contribution in [0.2, 0.25) is 0 Å². The molecule has 1 fully saturated rings. The van der Waals surface area contributed by atoms with Crippen LogP contribution in [-0.2, 0) is 9.59 Å². The SMILES string of the molecule is Cc1ccc(C)c(NC(=O)C2CC(=O)N(C(C)(C)C)C2)c1. The number of hydrogen-bond donors (Lipinski definition) is 1. The first kappa shape index (κ1) is 15.5. The van der Waals surface area contributed by atoms with Crippen LogP contribution in [-0.4, -0.2) is 28.8 Å². The summed E-state index contributed by atoms with van der Waals surface area (Å²) < 4.78 is 0. The summed E-state index contributed by atoms with van der Waals surface area (Å²) in [7, 11) is 0. The van der Waals surface area contributed by atoms with Gasteiger partial charge in [-0.15, -0.1) is 0 Å². The van der Waals surface area contributed by atoms with E-state index in [0.29, 0.717) is 13.0 Å². The summed E-state index contributed by atoms with van der Waals surface area (Å²) in [5.74, 6) is -0.274. The van der Waals surface area contributed by atoms with E-state index in [4.69, 9.17) is 0 Å². The molecule has 1 saturated heterocycles. The molecule has 1 heterocycles. The lowest BCUT2D eigenvalue weighted by Gasteiger charge is -2.31. The number of rotatable bonds is 2. The number of nitrogens with one attached hydrogen (secondary N) is 1. The lowest BCUT2D eigenvalue weighted by molar-refractivity contribution is -0.131. The summed E-state index contributed by atoms with van der Waals surface area (Å²) >= 11 is 0. The third kappa shape index (κ3) is 3.43. The summed E-state index contributed by atoms with van der Waals surface area (Å²) in [6, 6.07) is 5.98. The molecule has 1 N–H and O–H groups in total. The van der Waals surface area contributed by atoms with Gasteiger partial charge in [-0.25, -0.2) is 0 Å². The zero-order valence-electron chi connectivity index (χ0n) is 13.5. The van der Waals surface area contributed by atoms with Crippen LogP contribution >= 0.6 is 0 Å². The topological polar surface area (TPSA) is 49.4 Å². The van der Waals surface area contributed by atoms with E-state index in [9.17, 15) is 9.59 Å². The largest absolute Gasteiger partial charge is 0.337 e. The second kappa shape index (κ2) is 5.51. The minimum absolute atomic E-state index is 0.0589. The van der Waals surface area contributed by atoms with Crippen molar-refractivity contribution in [2.75, 3.05) is 11.9 Å². The lowest BCUT2D eigenvalue weighted by atomic mass is 10.1. The van der Waals surface area contributed by atoms with E-state index >= 15 is 0 Å². The summed E-state index contributed by atoms with van der Waals surface area (Å²) in [6.07, 6.45) is 0.300. The van der Waals surface area contributed by atoms with Gasteiger partial charge in [0.05, 0.1) is 5.92 Å². The van der Waals surface area contributed by atoms with Crippen molar-refractivity contribution in [3.8, 4) is 0 Å². The average Bonchev–Trinajstić information content (AvgIpc) is 2.76. The highest BCUT2D eigenvalue weighted by Crippen LogP contribution is 2.27. The van der Waals surface area contributed by atoms with E-state index in [-0.39, 0.29) is 23.3 Å². The molecular weight excluding hydrogens is 264 g/mol. The molecule has 2 rings (SSSR count). The van der Waals surface area contributed by atoms with Crippen molar-refractivity contribution in [2.45, 2.75) is 46.6 Å². The van der Waals surface area contributed by atoms with Gasteiger partial charge in [0.2, 0.25) is 11.8 Å². The molecule has 1 unspecified atom stereocenters. The fourth-order valence-corrected chi connectivity index (χ4v) is 2.64. The highest BCUT2D eigenvalue weighted by Gasteiger charge is 2.39. The maximum Gasteiger partial charge on any atom is 0.229 e. The number of benzene rings is 1. The van der Waals surface area contributed by atoms with Crippen LogP contribution in [0.5, 0.6) is 0 Å². The van der Waals surface area contributed by atoms with Gasteiger partial charge in [-0.3, -0.25) is 9.59 Å². The van der Waals surface area contributed by atoms with E-state index in [2.05, 4.69) is 5.32 Å². The van der Waals surface area contributed by atoms with Crippen molar-refractivity contribution in [1.82, 2.24) is 4.90 Å². The highest BCUT2D eigenvalue weighted by atomic mass is 16.2. The summed E-state index contributed by atoms with van der Waals surface area (Å²) in [4.78, 5) is 26.3. The van der Waals surface area contributed by atoms with Gasteiger partial charge in [0.15, 0.2) is 0 Å². The first-order valence-corrected chi connectivity index (χ1v) is 7.37. The Hall–Kier alpha value is -1.84. The molecule has 4 nitrogen and oxygen atoms in total. The molecule has 1 aliphatic rings. The van der Waals surface area contributed by atoms with Crippen molar-refractivity contribution < 1.29 is 9.59 Å². The molecule has 1 atom stereocenters. The van der Waals surface area contributed by atoms with Crippen LogP contribution in [0.3, 0.4) is 0 Å². The van der Waals surface area contributed by atoms with E-state index in [1.807, 2.05) is 52.8 Å². The number of carbonyl (C=O) groups excluding carboxylic acids is 2. The van der Waals surface area contributed by atoms with Crippen molar-refractivity contribution in [3.05, 3.63) is 29.3 Å². The summed E-state index contributed by atoms with van der Waals surface area (Å²) in [5.41, 5.74) is 2.74. The normalized spacial score (nSPS) is 19.0. The van der Waals surface area contributed by atoms with Gasteiger partial charge >= 0.3 is 0 Å². The number of hydrogen-bond acceptors (Lipinski definition) is 2. The van der Waals surface area contributed by atoms with Gasteiger partial charge < -0.3 is 10.2 Å². The van der Waals surface area contributed by atoms with Crippen LogP contribution in [0.25, 0.3) is 0 Å². The molecule has 114 valence electrons. The average molecular weight is 288 g/mol. The quantitative estimate of drug-likeness (QED) is 0.909. The van der Waals surface area contributed by atoms with Crippen LogP contribution in [0.4, 0.5) is 5.69 Å². The maximum atomic E-state index is 12.4. The number of amides is 2. The maximum absolute atomic E-state index is 12.4. The molecule has 0 spiro atoms. The third-order valence-corrected chi connectivity index (χ3v) is 3.96. The molecule has 1 aliphatic heterocycles. The molecule has 0 aliphatic carbocycles. The molecule has 1 aromatic rings. The van der Waals surface area contributed by atoms with Crippen LogP contribution < -0.4 is 5.32 Å². The van der Waals surface area contributed by atoms with Crippen molar-refractivity contribution in [1.29, 1.82) is 0 Å². The van der Waals surface area contributed by atoms with Crippen molar-refractivity contribution >= 4 is 17.5 Å². The molecule has 0 radical (unpaired) electrons. The van der Waals surface area contributed by atoms with Gasteiger partial charge in [0, 0.05) is 24.2 Å². The number of anilines is 1. The molecule has 4 heteroatoms. The second-order valence-electron chi connectivity index (χ2n) is 6.88. The molecule has 2 amide bonds. The predicted octanol–water partition coefficient (Wildman–Crippen LogP) is 2.89. The Morgan fingerprint density at radius 2 is 1.95 bits per heavy atom. The minimum atomic E-state index is -0.267. The molecule has 0 saturated carbocycles. The Morgan fingerprint density at radius 3 is 2.52 bits per heavy atom. The van der Waals surface area contributed by atoms with Crippen LogP contribution in [0, 0.1) is 19.8 Å². The second-order valence-corrected chi connectivity index (χ2v) is 6.88. The smallest absolute Gasteiger partial charge is 0.229 e. The van der Waals surface area contributed by atoms with E-state index in [1.54, 1.807) is 4.90 Å². The molecule has 0 aromatic heterocycles. The fourth-order valence-electron chi connectivity index (χ4n) is 2.64. The summed E-state index contributed by atoms with van der Waals surface area (Å²) in [5, 5.41) is 2.97. The van der Waals surface area contributed by atoms with Gasteiger partial charge in [-0.05, 0) is 51.8 Å². The first-order valence-electron chi connectivity index (χ1n) is 7.37. The number of aryl methyl sites for hydroxylation is 2. The first-order chi connectivity index (χ1) is 9.68. The van der Waals surface area contributed by atoms with Gasteiger partial charge in [0.1, 0.15) is 0 Å². The summed E-state index contributed by atoms with van der Waals surface area (Å²) in [6.45, 7) is 10.5. The molecule has 21 heavy (non-hydrogen) atoms. The van der Waals surface area contributed by atoms with Gasteiger partial charge in [0.25, 0.3) is 0 Å². The Kier molecular flexibility index (Phi) is 4.08. The van der Waals surface area contributed by atoms with Gasteiger partial charge in [-0.1, -0.05) is 12.1 Å². The van der Waals surface area contributed by atoms with Crippen molar-refractivity contribution in [3.63, 3.8) is 0 Å². The Bertz CT molecular complexity index is 573. The predicted molar refractivity (Wildman–Crippen MR) is 84.1 cm³/mol. The monoisotopic (exact) mass is 288 g/mol. The van der Waals surface area contributed by atoms with Crippen molar-refractivity contribution in [2.24, 2.45) is 5.92 Å². The Labute approximate surface area is 126 Å². The van der Waals surface area contributed by atoms with E-state index < -0.39 is 0 Å². The number of carbonyl (C=O) groups is 2. The molecule has 0 bridgehead atoms. The lowest BCUT2D eigenvalue weighted by Crippen LogP contribution is -2.42. The van der Waals surface area contributed by atoms with Gasteiger partial charge in [-0.2, -0.15) is 0 Å². The molecular formula is C17H24N2O2. The van der Waals surface area contributed by atoms with E-state index in [0.717, 1.165) is 16.8 Å². The van der Waals surface area contributed by atoms with E-state index in [1.165, 1.54) is 0 Å². The van der Waals surface area contributed by atoms with Crippen LogP contribution in [0.15, 0.2) is 18.2 Å². The van der Waals surface area contributed by atoms with Crippen LogP contribution in [0.1, 0.15) is 38.3 Å². The zero-order valence-corrected chi connectivity index (χ0v) is 13.5. The number of nitrogens with zero attached hydrogens (tertiary/aromatic N) is 1.